The molecule has 4 fully saturated rings. The molecule has 4 aliphatic rings. The fourth-order valence-corrected chi connectivity index (χ4v) is 5.16. The van der Waals surface area contributed by atoms with Gasteiger partial charge in [-0.2, -0.15) is 0 Å². The van der Waals surface area contributed by atoms with Crippen molar-refractivity contribution in [1.82, 2.24) is 19.8 Å². The molecule has 3 aliphatic heterocycles. The van der Waals surface area contributed by atoms with Crippen molar-refractivity contribution in [1.29, 1.82) is 0 Å². The van der Waals surface area contributed by atoms with E-state index in [9.17, 15) is 4.79 Å². The maximum Gasteiger partial charge on any atom is 0.231 e. The first kappa shape index (κ1) is 17.1. The molecule has 5 rings (SSSR count). The monoisotopic (exact) mass is 358 g/mol. The molecule has 23 heavy (non-hydrogen) atoms. The van der Waals surface area contributed by atoms with Gasteiger partial charge in [-0.05, 0) is 37.5 Å². The molecular formula is C16H24Cl2N4O. The molecular weight excluding hydrogens is 335 g/mol. The van der Waals surface area contributed by atoms with Gasteiger partial charge in [0.05, 0.1) is 11.7 Å². The lowest BCUT2D eigenvalue weighted by Crippen LogP contribution is -2.44. The fourth-order valence-electron chi connectivity index (χ4n) is 5.16. The van der Waals surface area contributed by atoms with E-state index in [-0.39, 0.29) is 30.2 Å². The Balaban J connectivity index is 0.000000781. The molecule has 3 saturated heterocycles. The summed E-state index contributed by atoms with van der Waals surface area (Å²) in [5.41, 5.74) is -0.117. The zero-order chi connectivity index (χ0) is 14.0. The molecule has 1 saturated carbocycles. The summed E-state index contributed by atoms with van der Waals surface area (Å²) >= 11 is 0. The Bertz CT molecular complexity index is 557. The molecule has 0 unspecified atom stereocenters. The second-order valence-corrected chi connectivity index (χ2v) is 7.43. The van der Waals surface area contributed by atoms with E-state index in [0.29, 0.717) is 18.0 Å². The highest BCUT2D eigenvalue weighted by Crippen LogP contribution is 2.54. The molecule has 4 atom stereocenters. The van der Waals surface area contributed by atoms with Crippen LogP contribution in [-0.2, 0) is 11.3 Å². The van der Waals surface area contributed by atoms with Gasteiger partial charge in [0.1, 0.15) is 0 Å². The normalized spacial score (nSPS) is 35.4. The summed E-state index contributed by atoms with van der Waals surface area (Å²) in [6.45, 7) is 3.05. The van der Waals surface area contributed by atoms with Crippen LogP contribution in [0.15, 0.2) is 18.7 Å². The first-order valence-electron chi connectivity index (χ1n) is 8.28. The largest absolute Gasteiger partial charge is 0.336 e. The van der Waals surface area contributed by atoms with E-state index >= 15 is 0 Å². The van der Waals surface area contributed by atoms with E-state index in [1.165, 1.54) is 12.8 Å². The van der Waals surface area contributed by atoms with Gasteiger partial charge in [-0.3, -0.25) is 4.79 Å². The Morgan fingerprint density at radius 2 is 1.83 bits per heavy atom. The molecule has 0 aromatic carbocycles. The highest BCUT2D eigenvalue weighted by molar-refractivity contribution is 5.86. The van der Waals surface area contributed by atoms with Crippen molar-refractivity contribution in [2.24, 2.45) is 17.3 Å². The van der Waals surface area contributed by atoms with Gasteiger partial charge in [-0.15, -0.1) is 24.8 Å². The van der Waals surface area contributed by atoms with E-state index in [4.69, 9.17) is 0 Å². The summed E-state index contributed by atoms with van der Waals surface area (Å²) in [7, 11) is 0. The number of nitrogens with one attached hydrogen (secondary N) is 1. The Morgan fingerprint density at radius 1 is 1.17 bits per heavy atom. The number of carbonyl (C=O) groups excluding carboxylic acids is 1. The average Bonchev–Trinajstić information content (AvgIpc) is 2.97. The van der Waals surface area contributed by atoms with E-state index < -0.39 is 0 Å². The van der Waals surface area contributed by atoms with E-state index in [1.807, 2.05) is 12.5 Å². The predicted molar refractivity (Wildman–Crippen MR) is 91.9 cm³/mol. The number of fused-ring (bicyclic) bond motifs is 5. The first-order valence-corrected chi connectivity index (χ1v) is 8.28. The van der Waals surface area contributed by atoms with Crippen molar-refractivity contribution in [3.8, 4) is 0 Å². The predicted octanol–water partition coefficient (Wildman–Crippen LogP) is 1.72. The van der Waals surface area contributed by atoms with Gasteiger partial charge in [0.25, 0.3) is 0 Å². The SMILES string of the molecule is Cl.Cl.O=C(N1[C@@H]2CC[C@H]1[C@H]1CNC[C@H]12)C1(Cn2ccnc2)CC1. The molecule has 1 aromatic heterocycles. The molecule has 128 valence electrons. The van der Waals surface area contributed by atoms with Crippen LogP contribution >= 0.6 is 24.8 Å². The summed E-state index contributed by atoms with van der Waals surface area (Å²) in [5.74, 6) is 1.88. The lowest BCUT2D eigenvalue weighted by atomic mass is 9.82. The van der Waals surface area contributed by atoms with Gasteiger partial charge in [0.2, 0.25) is 5.91 Å². The third-order valence-corrected chi connectivity index (χ3v) is 6.36. The third kappa shape index (κ3) is 2.39. The van der Waals surface area contributed by atoms with Gasteiger partial charge >= 0.3 is 0 Å². The number of halogens is 2. The van der Waals surface area contributed by atoms with Gasteiger partial charge in [-0.1, -0.05) is 0 Å². The number of amides is 1. The highest BCUT2D eigenvalue weighted by atomic mass is 35.5. The van der Waals surface area contributed by atoms with Crippen LogP contribution in [0.4, 0.5) is 0 Å². The van der Waals surface area contributed by atoms with E-state index in [2.05, 4.69) is 19.8 Å². The quantitative estimate of drug-likeness (QED) is 0.894. The zero-order valence-electron chi connectivity index (χ0n) is 13.1. The van der Waals surface area contributed by atoms with Crippen molar-refractivity contribution >= 4 is 30.7 Å². The van der Waals surface area contributed by atoms with E-state index in [1.54, 1.807) is 6.20 Å². The van der Waals surface area contributed by atoms with Crippen molar-refractivity contribution in [2.75, 3.05) is 13.1 Å². The van der Waals surface area contributed by atoms with Gasteiger partial charge in [0, 0.05) is 44.1 Å². The highest BCUT2D eigenvalue weighted by Gasteiger charge is 2.61. The van der Waals surface area contributed by atoms with Crippen LogP contribution in [0.1, 0.15) is 25.7 Å². The molecule has 4 heterocycles. The average molecular weight is 359 g/mol. The van der Waals surface area contributed by atoms with Gasteiger partial charge < -0.3 is 14.8 Å². The van der Waals surface area contributed by atoms with Crippen LogP contribution < -0.4 is 5.32 Å². The van der Waals surface area contributed by atoms with Crippen LogP contribution in [0, 0.1) is 17.3 Å². The van der Waals surface area contributed by atoms with Crippen LogP contribution in [0.25, 0.3) is 0 Å². The molecule has 1 aromatic rings. The maximum absolute atomic E-state index is 13.2. The smallest absolute Gasteiger partial charge is 0.231 e. The number of aromatic nitrogens is 2. The maximum atomic E-state index is 13.2. The minimum Gasteiger partial charge on any atom is -0.336 e. The van der Waals surface area contributed by atoms with Crippen LogP contribution in [-0.4, -0.2) is 45.5 Å². The van der Waals surface area contributed by atoms with Gasteiger partial charge in [0.15, 0.2) is 0 Å². The van der Waals surface area contributed by atoms with Gasteiger partial charge in [-0.25, -0.2) is 4.98 Å². The first-order chi connectivity index (χ1) is 10.3. The van der Waals surface area contributed by atoms with E-state index in [0.717, 1.165) is 44.3 Å². The molecule has 7 heteroatoms. The summed E-state index contributed by atoms with van der Waals surface area (Å²) in [5, 5.41) is 3.52. The Labute approximate surface area is 149 Å². The van der Waals surface area contributed by atoms with Crippen LogP contribution in [0.2, 0.25) is 0 Å². The number of imidazole rings is 1. The van der Waals surface area contributed by atoms with Crippen LogP contribution in [0.5, 0.6) is 0 Å². The Hall–Kier alpha value is -0.780. The summed E-state index contributed by atoms with van der Waals surface area (Å²) in [6.07, 6.45) is 10.2. The van der Waals surface area contributed by atoms with Crippen LogP contribution in [0.3, 0.4) is 0 Å². The topological polar surface area (TPSA) is 50.2 Å². The summed E-state index contributed by atoms with van der Waals surface area (Å²) in [6, 6.07) is 1.03. The second-order valence-electron chi connectivity index (χ2n) is 7.43. The molecule has 0 radical (unpaired) electrons. The molecule has 1 N–H and O–H groups in total. The summed E-state index contributed by atoms with van der Waals surface area (Å²) in [4.78, 5) is 19.6. The number of nitrogens with zero attached hydrogens (tertiary/aromatic N) is 3. The summed E-state index contributed by atoms with van der Waals surface area (Å²) < 4.78 is 2.07. The molecule has 1 aliphatic carbocycles. The molecule has 5 nitrogen and oxygen atoms in total. The lowest BCUT2D eigenvalue weighted by Gasteiger charge is -2.29. The van der Waals surface area contributed by atoms with Crippen molar-refractivity contribution < 1.29 is 4.79 Å². The Morgan fingerprint density at radius 3 is 2.35 bits per heavy atom. The number of carbonyl (C=O) groups is 1. The fraction of sp³-hybridized carbons (Fsp3) is 0.750. The van der Waals surface area contributed by atoms with Crippen molar-refractivity contribution in [2.45, 2.75) is 44.3 Å². The van der Waals surface area contributed by atoms with Crippen molar-refractivity contribution in [3.05, 3.63) is 18.7 Å². The lowest BCUT2D eigenvalue weighted by molar-refractivity contribution is -0.139. The minimum absolute atomic E-state index is 0. The standard InChI is InChI=1S/C16H22N4O.2ClH/c21-15(16(3-4-16)9-19-6-5-17-10-19)20-13-1-2-14(20)12-8-18-7-11(12)13;;/h5-6,10-14,18H,1-4,7-9H2;2*1H/t11-,12+,13-,14+;;. The number of hydrogen-bond acceptors (Lipinski definition) is 3. The Kier molecular flexibility index (Phi) is 4.40. The number of hydrogen-bond donors (Lipinski definition) is 1. The zero-order valence-corrected chi connectivity index (χ0v) is 14.7. The minimum atomic E-state index is -0.117. The number of rotatable bonds is 3. The molecule has 0 spiro atoms. The molecule has 1 amide bonds. The van der Waals surface area contributed by atoms with Crippen molar-refractivity contribution in [3.63, 3.8) is 0 Å². The molecule has 2 bridgehead atoms. The third-order valence-electron chi connectivity index (χ3n) is 6.36. The second kappa shape index (κ2) is 5.94.